The zero-order chi connectivity index (χ0) is 36.0. The van der Waals surface area contributed by atoms with Gasteiger partial charge in [0.2, 0.25) is 6.79 Å². The highest BCUT2D eigenvalue weighted by Crippen LogP contribution is 2.41. The molecule has 264 valence electrons. The molecule has 3 aromatic rings. The van der Waals surface area contributed by atoms with Gasteiger partial charge in [-0.3, -0.25) is 19.3 Å². The van der Waals surface area contributed by atoms with Crippen molar-refractivity contribution in [1.29, 1.82) is 0 Å². The van der Waals surface area contributed by atoms with Gasteiger partial charge < -0.3 is 29.7 Å². The van der Waals surface area contributed by atoms with Crippen LogP contribution in [-0.4, -0.2) is 82.0 Å². The first-order valence-electron chi connectivity index (χ1n) is 15.4. The second kappa shape index (κ2) is 15.9. The van der Waals surface area contributed by atoms with E-state index in [4.69, 9.17) is 19.0 Å². The largest absolute Gasteiger partial charge is 0.494 e. The van der Waals surface area contributed by atoms with Crippen LogP contribution >= 0.6 is 34.4 Å². The van der Waals surface area contributed by atoms with Crippen molar-refractivity contribution in [3.63, 3.8) is 0 Å². The van der Waals surface area contributed by atoms with Gasteiger partial charge in [-0.15, -0.1) is 34.4 Å². The normalized spacial score (nSPS) is 17.6. The molecule has 0 aliphatic carbocycles. The summed E-state index contributed by atoms with van der Waals surface area (Å²) in [5, 5.41) is 11.3. The molecule has 2 aliphatic rings. The van der Waals surface area contributed by atoms with Crippen molar-refractivity contribution in [1.82, 2.24) is 20.2 Å². The quantitative estimate of drug-likeness (QED) is 0.0804. The number of benzene rings is 1. The first-order chi connectivity index (χ1) is 23.9. The van der Waals surface area contributed by atoms with E-state index in [-0.39, 0.29) is 17.1 Å². The highest BCUT2D eigenvalue weighted by atomic mass is 32.2. The van der Waals surface area contributed by atoms with Crippen LogP contribution in [0.1, 0.15) is 44.0 Å². The summed E-state index contributed by atoms with van der Waals surface area (Å²) in [5.74, 6) is -1.53. The molecule has 4 heterocycles. The zero-order valence-corrected chi connectivity index (χ0v) is 30.6. The fraction of sp³-hybridized carbons (Fsp3) is 0.364. The molecule has 17 heteroatoms. The SMILES string of the molecule is CCOc1ccc(Nc2nc(/C(=N/OC)C(=O)N[C@@H]3C(=O)N4C(C(=O)OCOC(=O)C(C)(C)C)=C(/C=C\c5scnc5C)CS[C@H]34)cs2)cc1. The van der Waals surface area contributed by atoms with E-state index in [1.807, 2.05) is 44.2 Å². The van der Waals surface area contributed by atoms with Crippen LogP contribution in [0.25, 0.3) is 6.08 Å². The Balaban J connectivity index is 1.30. The number of nitrogens with zero attached hydrogens (tertiary/aromatic N) is 4. The van der Waals surface area contributed by atoms with Gasteiger partial charge in [-0.05, 0) is 70.5 Å². The monoisotopic (exact) mass is 740 g/mol. The van der Waals surface area contributed by atoms with E-state index >= 15 is 0 Å². The van der Waals surface area contributed by atoms with Crippen LogP contribution in [0.15, 0.2) is 57.7 Å². The van der Waals surface area contributed by atoms with E-state index in [1.54, 1.807) is 37.7 Å². The Labute approximate surface area is 300 Å². The number of thiazole rings is 2. The smallest absolute Gasteiger partial charge is 0.358 e. The Bertz CT molecular complexity index is 1840. The van der Waals surface area contributed by atoms with Crippen molar-refractivity contribution < 1.29 is 38.2 Å². The van der Waals surface area contributed by atoms with E-state index in [1.165, 1.54) is 46.4 Å². The molecule has 0 saturated carbocycles. The van der Waals surface area contributed by atoms with Gasteiger partial charge in [0, 0.05) is 21.7 Å². The number of thioether (sulfide) groups is 1. The lowest BCUT2D eigenvalue weighted by atomic mass is 9.98. The summed E-state index contributed by atoms with van der Waals surface area (Å²) in [7, 11) is 1.30. The molecule has 0 radical (unpaired) electrons. The predicted octanol–water partition coefficient (Wildman–Crippen LogP) is 4.86. The van der Waals surface area contributed by atoms with Gasteiger partial charge in [0.15, 0.2) is 10.8 Å². The first kappa shape index (κ1) is 36.5. The summed E-state index contributed by atoms with van der Waals surface area (Å²) in [6.07, 6.45) is 3.56. The third-order valence-corrected chi connectivity index (χ3v) is 10.2. The third kappa shape index (κ3) is 8.34. The number of hydrogen-bond donors (Lipinski definition) is 2. The van der Waals surface area contributed by atoms with Crippen molar-refractivity contribution >= 4 is 80.8 Å². The molecule has 0 unspecified atom stereocenters. The van der Waals surface area contributed by atoms with Gasteiger partial charge in [0.25, 0.3) is 11.8 Å². The van der Waals surface area contributed by atoms with E-state index < -0.39 is 47.4 Å². The summed E-state index contributed by atoms with van der Waals surface area (Å²) < 4.78 is 15.9. The molecular formula is C33H36N6O8S3. The number of esters is 2. The van der Waals surface area contributed by atoms with Gasteiger partial charge in [-0.2, -0.15) is 0 Å². The number of ether oxygens (including phenoxy) is 3. The van der Waals surface area contributed by atoms with Gasteiger partial charge in [0.1, 0.15) is 35.7 Å². The molecule has 2 aliphatic heterocycles. The second-order valence-electron chi connectivity index (χ2n) is 11.8. The average molecular weight is 741 g/mol. The van der Waals surface area contributed by atoms with Crippen LogP contribution in [0.4, 0.5) is 10.8 Å². The van der Waals surface area contributed by atoms with Crippen molar-refractivity contribution in [2.45, 2.75) is 46.0 Å². The number of allylic oxidation sites excluding steroid dienone is 1. The fourth-order valence-corrected chi connectivity index (χ4v) is 7.43. The first-order valence-corrected chi connectivity index (χ1v) is 18.2. The molecule has 2 aromatic heterocycles. The number of amides is 2. The lowest BCUT2D eigenvalue weighted by Gasteiger charge is -2.49. The highest BCUT2D eigenvalue weighted by Gasteiger charge is 2.54. The van der Waals surface area contributed by atoms with Crippen LogP contribution in [0.5, 0.6) is 5.75 Å². The van der Waals surface area contributed by atoms with E-state index in [0.717, 1.165) is 22.0 Å². The Morgan fingerprint density at radius 2 is 1.88 bits per heavy atom. The zero-order valence-electron chi connectivity index (χ0n) is 28.2. The molecule has 1 aromatic carbocycles. The molecule has 0 bridgehead atoms. The molecule has 14 nitrogen and oxygen atoms in total. The van der Waals surface area contributed by atoms with Gasteiger partial charge in [0.05, 0.1) is 23.2 Å². The number of carbonyl (C=O) groups is 4. The second-order valence-corrected chi connectivity index (χ2v) is 14.7. The van der Waals surface area contributed by atoms with Crippen molar-refractivity contribution in [2.24, 2.45) is 10.6 Å². The van der Waals surface area contributed by atoms with Crippen LogP contribution in [-0.2, 0) is 33.5 Å². The Kier molecular flexibility index (Phi) is 11.6. The van der Waals surface area contributed by atoms with Crippen molar-refractivity contribution in [2.75, 3.05) is 31.6 Å². The molecule has 1 fully saturated rings. The van der Waals surface area contributed by atoms with Crippen molar-refractivity contribution in [3.8, 4) is 5.75 Å². The molecule has 1 saturated heterocycles. The maximum Gasteiger partial charge on any atom is 0.358 e. The minimum Gasteiger partial charge on any atom is -0.494 e. The van der Waals surface area contributed by atoms with E-state index in [9.17, 15) is 19.2 Å². The van der Waals surface area contributed by atoms with Crippen molar-refractivity contribution in [3.05, 3.63) is 68.8 Å². The number of hydrogen-bond acceptors (Lipinski definition) is 15. The van der Waals surface area contributed by atoms with Crippen LogP contribution in [0.2, 0.25) is 0 Å². The number of aromatic nitrogens is 2. The third-order valence-electron chi connectivity index (χ3n) is 7.25. The van der Waals surface area contributed by atoms with E-state index in [0.29, 0.717) is 23.1 Å². The topological polar surface area (TPSA) is 171 Å². The van der Waals surface area contributed by atoms with Crippen LogP contribution < -0.4 is 15.4 Å². The summed E-state index contributed by atoms with van der Waals surface area (Å²) in [5.41, 5.74) is 3.15. The number of carbonyl (C=O) groups excluding carboxylic acids is 4. The predicted molar refractivity (Wildman–Crippen MR) is 191 cm³/mol. The summed E-state index contributed by atoms with van der Waals surface area (Å²) in [4.78, 5) is 68.7. The fourth-order valence-electron chi connectivity index (χ4n) is 4.70. The molecule has 2 amide bonds. The summed E-state index contributed by atoms with van der Waals surface area (Å²) in [6, 6.07) is 6.37. The minimum atomic E-state index is -0.981. The molecule has 2 atom stereocenters. The standard InChI is InChI=1S/C33H36N6O8S3/c1-7-45-21-11-9-20(10-12-21)35-32-36-22(15-49-32)24(38-44-6)27(40)37-25-28(41)39-26(30(42)46-17-47-31(43)33(3,4)5)19(14-48-29(25)39)8-13-23-18(2)34-16-50-23/h8-13,15-16,25,29H,7,14,17H2,1-6H3,(H,35,36)(H,37,40)/b13-8-,38-24-/t25-,29-/m1/s1. The minimum absolute atomic E-state index is 0.00441. The lowest BCUT2D eigenvalue weighted by molar-refractivity contribution is -0.173. The van der Waals surface area contributed by atoms with Crippen LogP contribution in [0, 0.1) is 12.3 Å². The number of rotatable bonds is 13. The van der Waals surface area contributed by atoms with E-state index in [2.05, 4.69) is 25.8 Å². The number of nitrogens with one attached hydrogen (secondary N) is 2. The van der Waals surface area contributed by atoms with Gasteiger partial charge >= 0.3 is 11.9 Å². The van der Waals surface area contributed by atoms with Gasteiger partial charge in [-0.25, -0.2) is 14.8 Å². The highest BCUT2D eigenvalue weighted by molar-refractivity contribution is 8.00. The Hall–Kier alpha value is -4.74. The summed E-state index contributed by atoms with van der Waals surface area (Å²) in [6.45, 7) is 8.75. The molecule has 50 heavy (non-hydrogen) atoms. The number of aryl methyl sites for hydroxylation is 1. The Morgan fingerprint density at radius 1 is 1.12 bits per heavy atom. The van der Waals surface area contributed by atoms with Gasteiger partial charge in [-0.1, -0.05) is 11.2 Å². The number of fused-ring (bicyclic) bond motifs is 1. The maximum atomic E-state index is 13.6. The average Bonchev–Trinajstić information content (AvgIpc) is 3.73. The summed E-state index contributed by atoms with van der Waals surface area (Å²) >= 11 is 4.07. The lowest BCUT2D eigenvalue weighted by Crippen LogP contribution is -2.71. The number of oxime groups is 1. The molecule has 0 spiro atoms. The molecule has 2 N–H and O–H groups in total. The Morgan fingerprint density at radius 3 is 2.54 bits per heavy atom. The maximum absolute atomic E-state index is 13.6. The van der Waals surface area contributed by atoms with Crippen LogP contribution in [0.3, 0.4) is 0 Å². The number of β-lactam (4-membered cyclic amide) rings is 1. The number of anilines is 2. The molecule has 5 rings (SSSR count). The molecular weight excluding hydrogens is 705 g/mol.